The number of halogens is 3. The summed E-state index contributed by atoms with van der Waals surface area (Å²) in [5.41, 5.74) is 6.57. The van der Waals surface area contributed by atoms with Crippen LogP contribution in [0.3, 0.4) is 0 Å². The fraction of sp³-hybridized carbons (Fsp3) is 0.133. The molecule has 0 amide bonds. The quantitative estimate of drug-likeness (QED) is 0.672. The van der Waals surface area contributed by atoms with Crippen LogP contribution in [0.15, 0.2) is 30.3 Å². The van der Waals surface area contributed by atoms with Gasteiger partial charge in [0, 0.05) is 21.3 Å². The number of ether oxygens (including phenoxy) is 1. The Morgan fingerprint density at radius 1 is 1.29 bits per heavy atom. The van der Waals surface area contributed by atoms with Crippen LogP contribution in [0.1, 0.15) is 21.5 Å². The zero-order chi connectivity index (χ0) is 15.6. The normalized spacial score (nSPS) is 10.5. The van der Waals surface area contributed by atoms with Crippen molar-refractivity contribution in [1.29, 1.82) is 0 Å². The predicted molar refractivity (Wildman–Crippen MR) is 81.1 cm³/mol. The second-order valence-electron chi connectivity index (χ2n) is 4.51. The Labute approximate surface area is 131 Å². The van der Waals surface area contributed by atoms with Crippen LogP contribution in [0.5, 0.6) is 0 Å². The highest BCUT2D eigenvalue weighted by Crippen LogP contribution is 2.23. The molecule has 0 aliphatic heterocycles. The van der Waals surface area contributed by atoms with Gasteiger partial charge in [-0.15, -0.1) is 0 Å². The molecular weight excluding hydrogens is 316 g/mol. The van der Waals surface area contributed by atoms with Crippen molar-refractivity contribution in [3.63, 3.8) is 0 Å². The zero-order valence-corrected chi connectivity index (χ0v) is 12.6. The Morgan fingerprint density at radius 3 is 2.67 bits per heavy atom. The summed E-state index contributed by atoms with van der Waals surface area (Å²) in [6.45, 7) is 1.45. The van der Waals surface area contributed by atoms with Crippen LogP contribution in [0.4, 0.5) is 10.1 Å². The maximum atomic E-state index is 13.9. The van der Waals surface area contributed by atoms with Crippen molar-refractivity contribution < 1.29 is 13.9 Å². The maximum absolute atomic E-state index is 13.9. The van der Waals surface area contributed by atoms with Crippen LogP contribution in [0.25, 0.3) is 0 Å². The average molecular weight is 328 g/mol. The molecule has 21 heavy (non-hydrogen) atoms. The van der Waals surface area contributed by atoms with E-state index < -0.39 is 11.8 Å². The molecule has 6 heteroatoms. The number of hydrogen-bond donors (Lipinski definition) is 1. The van der Waals surface area contributed by atoms with E-state index in [-0.39, 0.29) is 17.7 Å². The molecule has 2 aromatic rings. The molecule has 0 aliphatic rings. The van der Waals surface area contributed by atoms with Gasteiger partial charge in [-0.3, -0.25) is 0 Å². The summed E-state index contributed by atoms with van der Waals surface area (Å²) < 4.78 is 19.0. The molecule has 0 saturated carbocycles. The van der Waals surface area contributed by atoms with Crippen molar-refractivity contribution in [3.05, 3.63) is 62.9 Å². The second kappa shape index (κ2) is 6.33. The average Bonchev–Trinajstić information content (AvgIpc) is 2.41. The highest BCUT2D eigenvalue weighted by atomic mass is 35.5. The zero-order valence-electron chi connectivity index (χ0n) is 11.1. The van der Waals surface area contributed by atoms with Gasteiger partial charge in [-0.05, 0) is 36.8 Å². The minimum Gasteiger partial charge on any atom is -0.457 e. The third-order valence-electron chi connectivity index (χ3n) is 2.87. The number of carbonyl (C=O) groups is 1. The van der Waals surface area contributed by atoms with E-state index in [2.05, 4.69) is 0 Å². The largest absolute Gasteiger partial charge is 0.457 e. The Kier molecular flexibility index (Phi) is 4.70. The Balaban J connectivity index is 2.15. The molecule has 3 nitrogen and oxygen atoms in total. The molecule has 0 aliphatic carbocycles. The van der Waals surface area contributed by atoms with E-state index in [9.17, 15) is 9.18 Å². The first-order chi connectivity index (χ1) is 9.88. The van der Waals surface area contributed by atoms with Crippen molar-refractivity contribution in [2.24, 2.45) is 0 Å². The molecular formula is C15H12Cl2FNO2. The lowest BCUT2D eigenvalue weighted by Gasteiger charge is -2.09. The molecule has 0 heterocycles. The van der Waals surface area contributed by atoms with Gasteiger partial charge in [-0.1, -0.05) is 29.3 Å². The number of rotatable bonds is 3. The monoisotopic (exact) mass is 327 g/mol. The lowest BCUT2D eigenvalue weighted by molar-refractivity contribution is 0.0467. The van der Waals surface area contributed by atoms with Crippen molar-refractivity contribution >= 4 is 34.9 Å². The van der Waals surface area contributed by atoms with Gasteiger partial charge in [0.15, 0.2) is 0 Å². The van der Waals surface area contributed by atoms with Gasteiger partial charge >= 0.3 is 5.97 Å². The molecule has 0 aromatic heterocycles. The number of anilines is 1. The molecule has 0 fully saturated rings. The Morgan fingerprint density at radius 2 is 2.00 bits per heavy atom. The van der Waals surface area contributed by atoms with Gasteiger partial charge in [0.2, 0.25) is 0 Å². The molecule has 2 N–H and O–H groups in total. The lowest BCUT2D eigenvalue weighted by Crippen LogP contribution is -2.09. The molecule has 0 spiro atoms. The highest BCUT2D eigenvalue weighted by molar-refractivity contribution is 6.35. The first-order valence-corrected chi connectivity index (χ1v) is 6.80. The topological polar surface area (TPSA) is 52.3 Å². The molecule has 110 valence electrons. The number of aryl methyl sites for hydroxylation is 1. The summed E-state index contributed by atoms with van der Waals surface area (Å²) in [5, 5.41) is 0.854. The second-order valence-corrected chi connectivity index (χ2v) is 5.35. The molecule has 0 radical (unpaired) electrons. The van der Waals surface area contributed by atoms with Crippen LogP contribution < -0.4 is 5.73 Å². The molecule has 0 bridgehead atoms. The van der Waals surface area contributed by atoms with Crippen molar-refractivity contribution in [2.45, 2.75) is 13.5 Å². The molecule has 0 saturated heterocycles. The first-order valence-electron chi connectivity index (χ1n) is 6.05. The molecule has 0 atom stereocenters. The van der Waals surface area contributed by atoms with E-state index in [1.54, 1.807) is 12.1 Å². The number of nitrogens with two attached hydrogens (primary N) is 1. The predicted octanol–water partition coefficient (Wildman–Crippen LogP) is 4.38. The van der Waals surface area contributed by atoms with Crippen LogP contribution in [-0.2, 0) is 11.3 Å². The summed E-state index contributed by atoms with van der Waals surface area (Å²) in [5.74, 6) is -1.44. The first kappa shape index (κ1) is 15.6. The summed E-state index contributed by atoms with van der Waals surface area (Å²) in [7, 11) is 0. The molecule has 2 rings (SSSR count). The number of carbonyl (C=O) groups excluding carboxylic acids is 1. The van der Waals surface area contributed by atoms with E-state index in [0.717, 1.165) is 0 Å². The van der Waals surface area contributed by atoms with Gasteiger partial charge in [-0.25, -0.2) is 9.18 Å². The summed E-state index contributed by atoms with van der Waals surface area (Å²) >= 11 is 11.7. The maximum Gasteiger partial charge on any atom is 0.341 e. The van der Waals surface area contributed by atoms with E-state index in [4.69, 9.17) is 33.7 Å². The van der Waals surface area contributed by atoms with Crippen LogP contribution in [0, 0.1) is 12.7 Å². The SMILES string of the molecule is Cc1cc(N)cc(C(=O)OCc2ccc(Cl)cc2Cl)c1F. The summed E-state index contributed by atoms with van der Waals surface area (Å²) in [4.78, 5) is 11.9. The van der Waals surface area contributed by atoms with Crippen molar-refractivity contribution in [1.82, 2.24) is 0 Å². The molecule has 2 aromatic carbocycles. The number of esters is 1. The lowest BCUT2D eigenvalue weighted by atomic mass is 10.1. The third kappa shape index (κ3) is 3.65. The minimum atomic E-state index is -0.797. The van der Waals surface area contributed by atoms with Gasteiger partial charge in [-0.2, -0.15) is 0 Å². The Bertz CT molecular complexity index is 704. The van der Waals surface area contributed by atoms with E-state index in [1.165, 1.54) is 25.1 Å². The molecule has 0 unspecified atom stereocenters. The summed E-state index contributed by atoms with van der Waals surface area (Å²) in [6.07, 6.45) is 0. The third-order valence-corrected chi connectivity index (χ3v) is 3.46. The fourth-order valence-electron chi connectivity index (χ4n) is 1.81. The van der Waals surface area contributed by atoms with E-state index in [0.29, 0.717) is 21.3 Å². The van der Waals surface area contributed by atoms with E-state index in [1.807, 2.05) is 0 Å². The van der Waals surface area contributed by atoms with Gasteiger partial charge in [0.1, 0.15) is 12.4 Å². The highest BCUT2D eigenvalue weighted by Gasteiger charge is 2.16. The number of nitrogen functional groups attached to an aromatic ring is 1. The number of hydrogen-bond acceptors (Lipinski definition) is 3. The van der Waals surface area contributed by atoms with Crippen LogP contribution in [-0.4, -0.2) is 5.97 Å². The van der Waals surface area contributed by atoms with Gasteiger partial charge in [0.05, 0.1) is 5.56 Å². The van der Waals surface area contributed by atoms with E-state index >= 15 is 0 Å². The van der Waals surface area contributed by atoms with Crippen molar-refractivity contribution in [3.8, 4) is 0 Å². The smallest absolute Gasteiger partial charge is 0.341 e. The van der Waals surface area contributed by atoms with Crippen molar-refractivity contribution in [2.75, 3.05) is 5.73 Å². The summed E-state index contributed by atoms with van der Waals surface area (Å²) in [6, 6.07) is 7.49. The standard InChI is InChI=1S/C15H12Cl2FNO2/c1-8-4-11(19)6-12(14(8)18)15(20)21-7-9-2-3-10(16)5-13(9)17/h2-6H,7,19H2,1H3. The van der Waals surface area contributed by atoms with Gasteiger partial charge < -0.3 is 10.5 Å². The van der Waals surface area contributed by atoms with Crippen LogP contribution in [0.2, 0.25) is 10.0 Å². The fourth-order valence-corrected chi connectivity index (χ4v) is 2.27. The van der Waals surface area contributed by atoms with Gasteiger partial charge in [0.25, 0.3) is 0 Å². The number of benzene rings is 2. The Hall–Kier alpha value is -1.78. The van der Waals surface area contributed by atoms with Crippen LogP contribution >= 0.6 is 23.2 Å². The minimum absolute atomic E-state index is 0.0812.